The highest BCUT2D eigenvalue weighted by molar-refractivity contribution is 7.89. The lowest BCUT2D eigenvalue weighted by Gasteiger charge is -2.24. The summed E-state index contributed by atoms with van der Waals surface area (Å²) in [4.78, 5) is 9.16. The van der Waals surface area contributed by atoms with Crippen molar-refractivity contribution in [3.8, 4) is 5.75 Å². The van der Waals surface area contributed by atoms with E-state index in [1.807, 2.05) is 37.3 Å². The number of aromatic nitrogens is 2. The molecule has 0 aliphatic carbocycles. The molecule has 0 radical (unpaired) electrons. The minimum atomic E-state index is -3.70. The summed E-state index contributed by atoms with van der Waals surface area (Å²) >= 11 is 0. The summed E-state index contributed by atoms with van der Waals surface area (Å²) < 4.78 is 33.5. The third-order valence-corrected chi connectivity index (χ3v) is 7.10. The fourth-order valence-electron chi connectivity index (χ4n) is 3.72. The molecule has 1 N–H and O–H groups in total. The molecule has 8 heteroatoms. The number of aryl methyl sites for hydroxylation is 1. The molecule has 4 rings (SSSR count). The van der Waals surface area contributed by atoms with Crippen molar-refractivity contribution in [3.05, 3.63) is 72.2 Å². The molecule has 1 aliphatic heterocycles. The van der Waals surface area contributed by atoms with Crippen molar-refractivity contribution in [1.29, 1.82) is 0 Å². The highest BCUT2D eigenvalue weighted by Crippen LogP contribution is 2.38. The normalized spacial score (nSPS) is 17.1. The first-order chi connectivity index (χ1) is 14.5. The number of nitrogens with zero attached hydrogens (tertiary/aromatic N) is 3. The number of benzene rings is 1. The van der Waals surface area contributed by atoms with Gasteiger partial charge in [-0.2, -0.15) is 4.31 Å². The molecule has 1 saturated heterocycles. The van der Waals surface area contributed by atoms with Gasteiger partial charge in [-0.1, -0.05) is 18.2 Å². The fourth-order valence-corrected chi connectivity index (χ4v) is 5.55. The second-order valence-electron chi connectivity index (χ2n) is 7.19. The van der Waals surface area contributed by atoms with E-state index in [0.717, 1.165) is 35.7 Å². The second kappa shape index (κ2) is 8.41. The molecule has 3 heterocycles. The smallest absolute Gasteiger partial charge is 0.247 e. The summed E-state index contributed by atoms with van der Waals surface area (Å²) in [5.74, 6) is 1.09. The number of rotatable bonds is 6. The Morgan fingerprint density at radius 1 is 1.10 bits per heavy atom. The predicted octanol–water partition coefficient (Wildman–Crippen LogP) is 4.06. The highest BCUT2D eigenvalue weighted by Gasteiger charge is 2.38. The average molecular weight is 425 g/mol. The maximum Gasteiger partial charge on any atom is 0.247 e. The average Bonchev–Trinajstić information content (AvgIpc) is 3.25. The van der Waals surface area contributed by atoms with Crippen molar-refractivity contribution in [2.24, 2.45) is 0 Å². The fraction of sp³-hybridized carbons (Fsp3) is 0.273. The number of hydrogen-bond donors (Lipinski definition) is 1. The minimum absolute atomic E-state index is 0.184. The van der Waals surface area contributed by atoms with Crippen LogP contribution >= 0.6 is 0 Å². The maximum atomic E-state index is 13.3. The van der Waals surface area contributed by atoms with E-state index in [2.05, 4.69) is 15.3 Å². The summed E-state index contributed by atoms with van der Waals surface area (Å²) in [7, 11) is -2.22. The summed E-state index contributed by atoms with van der Waals surface area (Å²) in [6.45, 7) is 2.39. The van der Waals surface area contributed by atoms with Crippen LogP contribution in [0, 0.1) is 6.92 Å². The number of anilines is 2. The Labute approximate surface area is 176 Å². The molecule has 2 aromatic heterocycles. The molecular formula is C22H24N4O3S. The lowest BCUT2D eigenvalue weighted by atomic mass is 10.1. The van der Waals surface area contributed by atoms with E-state index >= 15 is 0 Å². The lowest BCUT2D eigenvalue weighted by Crippen LogP contribution is -2.31. The first-order valence-corrected chi connectivity index (χ1v) is 11.2. The van der Waals surface area contributed by atoms with Crippen LogP contribution in [0.3, 0.4) is 0 Å². The first kappa shape index (κ1) is 20.3. The van der Waals surface area contributed by atoms with E-state index in [0.29, 0.717) is 12.3 Å². The van der Waals surface area contributed by atoms with Gasteiger partial charge in [0.2, 0.25) is 10.0 Å². The summed E-state index contributed by atoms with van der Waals surface area (Å²) in [6, 6.07) is 15.9. The zero-order valence-corrected chi connectivity index (χ0v) is 17.8. The molecule has 3 aromatic rings. The topological polar surface area (TPSA) is 84.4 Å². The molecule has 0 spiro atoms. The maximum absolute atomic E-state index is 13.3. The number of sulfonamides is 1. The Kier molecular flexibility index (Phi) is 5.69. The van der Waals surface area contributed by atoms with E-state index < -0.39 is 10.0 Å². The van der Waals surface area contributed by atoms with E-state index in [1.54, 1.807) is 30.5 Å². The van der Waals surface area contributed by atoms with Gasteiger partial charge in [-0.3, -0.25) is 4.98 Å². The van der Waals surface area contributed by atoms with E-state index in [1.165, 1.54) is 11.4 Å². The van der Waals surface area contributed by atoms with E-state index in [-0.39, 0.29) is 10.9 Å². The predicted molar refractivity (Wildman–Crippen MR) is 115 cm³/mol. The van der Waals surface area contributed by atoms with Crippen molar-refractivity contribution in [1.82, 2.24) is 14.3 Å². The third kappa shape index (κ3) is 4.01. The molecule has 1 aromatic carbocycles. The standard InChI is InChI=1S/C22H24N4O3S/c1-16-7-5-11-22(24-16)25-17-12-13-18(23-15-17)19-8-6-14-26(19)30(27,28)21-10-4-3-9-20(21)29-2/h3-5,7,9-13,15,19H,6,8,14H2,1-2H3,(H,24,25). The SMILES string of the molecule is COc1ccccc1S(=O)(=O)N1CCCC1c1ccc(Nc2cccc(C)n2)cn1. The van der Waals surface area contributed by atoms with E-state index in [4.69, 9.17) is 4.74 Å². The molecule has 1 aliphatic rings. The molecule has 156 valence electrons. The molecule has 0 saturated carbocycles. The number of ether oxygens (including phenoxy) is 1. The molecule has 1 atom stereocenters. The van der Waals surface area contributed by atoms with E-state index in [9.17, 15) is 8.42 Å². The molecule has 0 bridgehead atoms. The van der Waals surface area contributed by atoms with Crippen molar-refractivity contribution in [2.75, 3.05) is 19.0 Å². The molecule has 30 heavy (non-hydrogen) atoms. The van der Waals surface area contributed by atoms with Crippen molar-refractivity contribution < 1.29 is 13.2 Å². The van der Waals surface area contributed by atoms with Crippen LogP contribution in [0.25, 0.3) is 0 Å². The van der Waals surface area contributed by atoms with Gasteiger partial charge >= 0.3 is 0 Å². The van der Waals surface area contributed by atoms with Crippen LogP contribution in [0.15, 0.2) is 65.7 Å². The Morgan fingerprint density at radius 3 is 2.67 bits per heavy atom. The number of hydrogen-bond acceptors (Lipinski definition) is 6. The Balaban J connectivity index is 1.57. The highest BCUT2D eigenvalue weighted by atomic mass is 32.2. The van der Waals surface area contributed by atoms with Crippen molar-refractivity contribution >= 4 is 21.5 Å². The van der Waals surface area contributed by atoms with Gasteiger partial charge in [0.1, 0.15) is 16.5 Å². The number of methoxy groups -OCH3 is 1. The molecule has 7 nitrogen and oxygen atoms in total. The Morgan fingerprint density at radius 2 is 1.93 bits per heavy atom. The first-order valence-electron chi connectivity index (χ1n) is 9.80. The number of para-hydroxylation sites is 1. The quantitative estimate of drug-likeness (QED) is 0.642. The van der Waals surface area contributed by atoms with Crippen LogP contribution in [0.1, 0.15) is 30.3 Å². The van der Waals surface area contributed by atoms with Gasteiger partial charge in [0.25, 0.3) is 0 Å². The lowest BCUT2D eigenvalue weighted by molar-refractivity contribution is 0.377. The number of pyridine rings is 2. The zero-order valence-electron chi connectivity index (χ0n) is 16.9. The van der Waals surface area contributed by atoms with Crippen molar-refractivity contribution in [2.45, 2.75) is 30.7 Å². The van der Waals surface area contributed by atoms with Crippen LogP contribution in [0.5, 0.6) is 5.75 Å². The Hall–Kier alpha value is -2.97. The van der Waals surface area contributed by atoms with Crippen molar-refractivity contribution in [3.63, 3.8) is 0 Å². The van der Waals surface area contributed by atoms with Gasteiger partial charge in [-0.15, -0.1) is 0 Å². The van der Waals surface area contributed by atoms with Gasteiger partial charge in [0.05, 0.1) is 30.7 Å². The van der Waals surface area contributed by atoms with Crippen LogP contribution in [-0.2, 0) is 10.0 Å². The summed E-state index contributed by atoms with van der Waals surface area (Å²) in [5.41, 5.74) is 2.45. The van der Waals surface area contributed by atoms with Gasteiger partial charge in [-0.25, -0.2) is 13.4 Å². The zero-order chi connectivity index (χ0) is 21.1. The molecule has 1 fully saturated rings. The molecule has 1 unspecified atom stereocenters. The molecular weight excluding hydrogens is 400 g/mol. The monoisotopic (exact) mass is 424 g/mol. The van der Waals surface area contributed by atoms with Crippen LogP contribution in [0.4, 0.5) is 11.5 Å². The summed E-state index contributed by atoms with van der Waals surface area (Å²) in [5, 5.41) is 3.22. The largest absolute Gasteiger partial charge is 0.495 e. The van der Waals surface area contributed by atoms with Crippen LogP contribution < -0.4 is 10.1 Å². The van der Waals surface area contributed by atoms with Gasteiger partial charge in [0, 0.05) is 12.2 Å². The Bertz CT molecular complexity index is 1130. The summed E-state index contributed by atoms with van der Waals surface area (Å²) in [6.07, 6.45) is 3.23. The second-order valence-corrected chi connectivity index (χ2v) is 9.04. The van der Waals surface area contributed by atoms with Gasteiger partial charge in [-0.05, 0) is 56.2 Å². The van der Waals surface area contributed by atoms with Crippen LogP contribution in [-0.4, -0.2) is 36.3 Å². The van der Waals surface area contributed by atoms with Gasteiger partial charge < -0.3 is 10.1 Å². The van der Waals surface area contributed by atoms with Gasteiger partial charge in [0.15, 0.2) is 0 Å². The third-order valence-electron chi connectivity index (χ3n) is 5.15. The minimum Gasteiger partial charge on any atom is -0.495 e. The molecule has 0 amide bonds. The number of nitrogens with one attached hydrogen (secondary N) is 1. The van der Waals surface area contributed by atoms with Crippen LogP contribution in [0.2, 0.25) is 0 Å².